The van der Waals surface area contributed by atoms with E-state index < -0.39 is 0 Å². The first kappa shape index (κ1) is 17.5. The van der Waals surface area contributed by atoms with E-state index in [-0.39, 0.29) is 5.91 Å². The number of nitrogens with zero attached hydrogens (tertiary/aromatic N) is 1. The minimum Gasteiger partial charge on any atom is -0.494 e. The standard InChI is InChI=1S/C21H21N3O2/c1-3-26-19-10-7-17(8-11-19)23-20-12-9-18(14-22-20)24-21(25)16-6-4-5-15(2)13-16/h4-14H,3H2,1-2H3,(H,22,23)(H,24,25). The number of carbonyl (C=O) groups excluding carboxylic acids is 1. The van der Waals surface area contributed by atoms with Gasteiger partial charge >= 0.3 is 0 Å². The van der Waals surface area contributed by atoms with Gasteiger partial charge in [-0.3, -0.25) is 4.79 Å². The largest absolute Gasteiger partial charge is 0.494 e. The van der Waals surface area contributed by atoms with Crippen LogP contribution in [0.25, 0.3) is 0 Å². The van der Waals surface area contributed by atoms with Crippen LogP contribution < -0.4 is 15.4 Å². The third-order valence-electron chi connectivity index (χ3n) is 3.74. The number of hydrogen-bond acceptors (Lipinski definition) is 4. The summed E-state index contributed by atoms with van der Waals surface area (Å²) in [4.78, 5) is 16.6. The molecule has 0 fully saturated rings. The highest BCUT2D eigenvalue weighted by molar-refractivity contribution is 6.04. The SMILES string of the molecule is CCOc1ccc(Nc2ccc(NC(=O)c3cccc(C)c3)cn2)cc1. The normalized spacial score (nSPS) is 10.2. The van der Waals surface area contributed by atoms with Gasteiger partial charge in [-0.1, -0.05) is 17.7 Å². The third-order valence-corrected chi connectivity index (χ3v) is 3.74. The molecule has 3 aromatic rings. The molecule has 1 aromatic heterocycles. The molecule has 0 aliphatic carbocycles. The van der Waals surface area contributed by atoms with Crippen LogP contribution >= 0.6 is 0 Å². The third kappa shape index (κ3) is 4.60. The molecule has 5 nitrogen and oxygen atoms in total. The molecule has 3 rings (SSSR count). The summed E-state index contributed by atoms with van der Waals surface area (Å²) in [5.41, 5.74) is 3.23. The molecule has 0 unspecified atom stereocenters. The van der Waals surface area contributed by atoms with Crippen LogP contribution in [0.3, 0.4) is 0 Å². The molecule has 5 heteroatoms. The molecule has 0 atom stereocenters. The maximum atomic E-state index is 12.3. The van der Waals surface area contributed by atoms with Crippen molar-refractivity contribution in [2.24, 2.45) is 0 Å². The van der Waals surface area contributed by atoms with Crippen molar-refractivity contribution in [2.45, 2.75) is 13.8 Å². The summed E-state index contributed by atoms with van der Waals surface area (Å²) >= 11 is 0. The summed E-state index contributed by atoms with van der Waals surface area (Å²) in [6, 6.07) is 18.8. The van der Waals surface area contributed by atoms with E-state index in [0.717, 1.165) is 17.0 Å². The van der Waals surface area contributed by atoms with E-state index in [2.05, 4.69) is 15.6 Å². The Bertz CT molecular complexity index is 875. The zero-order valence-electron chi connectivity index (χ0n) is 14.8. The average molecular weight is 347 g/mol. The van der Waals surface area contributed by atoms with Crippen LogP contribution in [-0.4, -0.2) is 17.5 Å². The minimum atomic E-state index is -0.150. The van der Waals surface area contributed by atoms with Crippen molar-refractivity contribution < 1.29 is 9.53 Å². The minimum absolute atomic E-state index is 0.150. The lowest BCUT2D eigenvalue weighted by atomic mass is 10.1. The summed E-state index contributed by atoms with van der Waals surface area (Å²) in [6.07, 6.45) is 1.63. The second kappa shape index (κ2) is 8.16. The van der Waals surface area contributed by atoms with Gasteiger partial charge in [0.25, 0.3) is 5.91 Å². The quantitative estimate of drug-likeness (QED) is 0.673. The second-order valence-electron chi connectivity index (χ2n) is 5.84. The maximum Gasteiger partial charge on any atom is 0.255 e. The molecule has 132 valence electrons. The van der Waals surface area contributed by atoms with Gasteiger partial charge in [-0.2, -0.15) is 0 Å². The molecule has 26 heavy (non-hydrogen) atoms. The first-order valence-electron chi connectivity index (χ1n) is 8.48. The maximum absolute atomic E-state index is 12.3. The molecule has 0 spiro atoms. The predicted molar refractivity (Wildman–Crippen MR) is 104 cm³/mol. The Morgan fingerprint density at radius 3 is 2.46 bits per heavy atom. The van der Waals surface area contributed by atoms with E-state index in [1.165, 1.54) is 0 Å². The summed E-state index contributed by atoms with van der Waals surface area (Å²) < 4.78 is 5.42. The van der Waals surface area contributed by atoms with Crippen LogP contribution in [0.2, 0.25) is 0 Å². The fourth-order valence-electron chi connectivity index (χ4n) is 2.48. The number of anilines is 3. The van der Waals surface area contributed by atoms with Crippen LogP contribution in [0, 0.1) is 6.92 Å². The van der Waals surface area contributed by atoms with Crippen molar-refractivity contribution in [3.05, 3.63) is 78.0 Å². The van der Waals surface area contributed by atoms with Crippen LogP contribution in [0.1, 0.15) is 22.8 Å². The number of ether oxygens (including phenoxy) is 1. The number of nitrogens with one attached hydrogen (secondary N) is 2. The fraction of sp³-hybridized carbons (Fsp3) is 0.143. The van der Waals surface area contributed by atoms with Crippen molar-refractivity contribution in [3.63, 3.8) is 0 Å². The van der Waals surface area contributed by atoms with Gasteiger partial charge in [-0.15, -0.1) is 0 Å². The first-order valence-corrected chi connectivity index (χ1v) is 8.48. The smallest absolute Gasteiger partial charge is 0.255 e. The highest BCUT2D eigenvalue weighted by Crippen LogP contribution is 2.20. The van der Waals surface area contributed by atoms with Gasteiger partial charge in [0.2, 0.25) is 0 Å². The Labute approximate surface area is 153 Å². The van der Waals surface area contributed by atoms with Gasteiger partial charge in [0.1, 0.15) is 11.6 Å². The fourth-order valence-corrected chi connectivity index (χ4v) is 2.48. The van der Waals surface area contributed by atoms with Crippen molar-refractivity contribution in [1.29, 1.82) is 0 Å². The molecule has 0 bridgehead atoms. The van der Waals surface area contributed by atoms with Gasteiger partial charge < -0.3 is 15.4 Å². The molecule has 2 aromatic carbocycles. The lowest BCUT2D eigenvalue weighted by Crippen LogP contribution is -2.12. The molecule has 0 aliphatic rings. The van der Waals surface area contributed by atoms with E-state index >= 15 is 0 Å². The van der Waals surface area contributed by atoms with Gasteiger partial charge in [-0.25, -0.2) is 4.98 Å². The van der Waals surface area contributed by atoms with Crippen LogP contribution in [0.5, 0.6) is 5.75 Å². The van der Waals surface area contributed by atoms with Gasteiger partial charge in [0, 0.05) is 11.3 Å². The number of pyridine rings is 1. The zero-order valence-corrected chi connectivity index (χ0v) is 14.8. The van der Waals surface area contributed by atoms with E-state index in [9.17, 15) is 4.79 Å². The average Bonchev–Trinajstić information content (AvgIpc) is 2.65. The van der Waals surface area contributed by atoms with Crippen LogP contribution in [0.4, 0.5) is 17.2 Å². The summed E-state index contributed by atoms with van der Waals surface area (Å²) in [7, 11) is 0. The summed E-state index contributed by atoms with van der Waals surface area (Å²) in [5, 5.41) is 6.07. The highest BCUT2D eigenvalue weighted by Gasteiger charge is 2.06. The lowest BCUT2D eigenvalue weighted by molar-refractivity contribution is 0.102. The van der Waals surface area contributed by atoms with Crippen molar-refractivity contribution in [1.82, 2.24) is 4.98 Å². The molecule has 2 N–H and O–H groups in total. The van der Waals surface area contributed by atoms with Crippen LogP contribution in [-0.2, 0) is 0 Å². The monoisotopic (exact) mass is 347 g/mol. The highest BCUT2D eigenvalue weighted by atomic mass is 16.5. The number of rotatable bonds is 6. The molecule has 1 heterocycles. The van der Waals surface area contributed by atoms with E-state index in [1.807, 2.05) is 68.4 Å². The van der Waals surface area contributed by atoms with E-state index in [1.54, 1.807) is 12.3 Å². The molecular formula is C21H21N3O2. The lowest BCUT2D eigenvalue weighted by Gasteiger charge is -2.09. The van der Waals surface area contributed by atoms with Gasteiger partial charge in [0.05, 0.1) is 18.5 Å². The van der Waals surface area contributed by atoms with Crippen molar-refractivity contribution >= 4 is 23.1 Å². The van der Waals surface area contributed by atoms with E-state index in [4.69, 9.17) is 4.74 Å². The zero-order chi connectivity index (χ0) is 18.4. The molecule has 0 radical (unpaired) electrons. The van der Waals surface area contributed by atoms with Gasteiger partial charge in [0.15, 0.2) is 0 Å². The molecule has 0 saturated carbocycles. The number of aromatic nitrogens is 1. The Kier molecular flexibility index (Phi) is 5.49. The summed E-state index contributed by atoms with van der Waals surface area (Å²) in [6.45, 7) is 4.55. The summed E-state index contributed by atoms with van der Waals surface area (Å²) in [5.74, 6) is 1.38. The Balaban J connectivity index is 1.62. The Morgan fingerprint density at radius 2 is 1.81 bits per heavy atom. The number of benzene rings is 2. The Morgan fingerprint density at radius 1 is 1.04 bits per heavy atom. The molecule has 0 aliphatic heterocycles. The van der Waals surface area contributed by atoms with Gasteiger partial charge in [-0.05, 0) is 62.4 Å². The Hall–Kier alpha value is -3.34. The first-order chi connectivity index (χ1) is 12.6. The topological polar surface area (TPSA) is 63.2 Å². The van der Waals surface area contributed by atoms with Crippen molar-refractivity contribution in [3.8, 4) is 5.75 Å². The second-order valence-corrected chi connectivity index (χ2v) is 5.84. The molecule has 0 saturated heterocycles. The molecular weight excluding hydrogens is 326 g/mol. The molecule has 1 amide bonds. The number of carbonyl (C=O) groups is 1. The van der Waals surface area contributed by atoms with Crippen molar-refractivity contribution in [2.75, 3.05) is 17.2 Å². The number of hydrogen-bond donors (Lipinski definition) is 2. The number of amides is 1. The van der Waals surface area contributed by atoms with Crippen LogP contribution in [0.15, 0.2) is 66.9 Å². The predicted octanol–water partition coefficient (Wildman–Crippen LogP) is 4.78. The van der Waals surface area contributed by atoms with E-state index in [0.29, 0.717) is 23.7 Å². The number of aryl methyl sites for hydroxylation is 1.